The van der Waals surface area contributed by atoms with Gasteiger partial charge in [0.15, 0.2) is 0 Å². The number of hydrogen-bond acceptors (Lipinski definition) is 4. The lowest BCUT2D eigenvalue weighted by Crippen LogP contribution is -2.39. The Morgan fingerprint density at radius 3 is 2.51 bits per heavy atom. The van der Waals surface area contributed by atoms with Gasteiger partial charge in [-0.2, -0.15) is 0 Å². The van der Waals surface area contributed by atoms with Gasteiger partial charge in [0.2, 0.25) is 0 Å². The predicted molar refractivity (Wildman–Crippen MR) is 142 cm³/mol. The Morgan fingerprint density at radius 1 is 1.03 bits per heavy atom. The van der Waals surface area contributed by atoms with Gasteiger partial charge in [-0.15, -0.1) is 0 Å². The third kappa shape index (κ3) is 7.22. The van der Waals surface area contributed by atoms with Crippen molar-refractivity contribution < 1.29 is 14.3 Å². The topological polar surface area (TPSA) is 72.5 Å². The number of hydrogen-bond donors (Lipinski definition) is 2. The van der Waals surface area contributed by atoms with E-state index in [9.17, 15) is 4.79 Å². The number of benzene rings is 2. The van der Waals surface area contributed by atoms with Crippen LogP contribution in [0.5, 0.6) is 11.5 Å². The number of unbranched alkanes of at least 4 members (excludes halogenated alkanes) is 2. The monoisotopic (exact) mass is 475 g/mol. The zero-order valence-electron chi connectivity index (χ0n) is 21.4. The Morgan fingerprint density at radius 2 is 1.83 bits per heavy atom. The Kier molecular flexibility index (Phi) is 9.12. The summed E-state index contributed by atoms with van der Waals surface area (Å²) in [7, 11) is 1.64. The highest BCUT2D eigenvalue weighted by Gasteiger charge is 2.28. The molecule has 1 aromatic heterocycles. The quantitative estimate of drug-likeness (QED) is 0.303. The lowest BCUT2D eigenvalue weighted by atomic mass is 9.83. The van der Waals surface area contributed by atoms with E-state index in [4.69, 9.17) is 9.47 Å². The van der Waals surface area contributed by atoms with Crippen molar-refractivity contribution in [1.29, 1.82) is 0 Å². The third-order valence-corrected chi connectivity index (χ3v) is 5.81. The molecule has 0 saturated carbocycles. The van der Waals surface area contributed by atoms with Gasteiger partial charge in [0.1, 0.15) is 11.5 Å². The van der Waals surface area contributed by atoms with Crippen LogP contribution in [-0.2, 0) is 0 Å². The van der Waals surface area contributed by atoms with Gasteiger partial charge in [-0.05, 0) is 47.7 Å². The second-order valence-electron chi connectivity index (χ2n) is 9.65. The molecule has 0 spiro atoms. The minimum absolute atomic E-state index is 0.206. The first-order chi connectivity index (χ1) is 16.8. The molecule has 1 atom stereocenters. The average Bonchev–Trinajstić information content (AvgIpc) is 2.85. The minimum Gasteiger partial charge on any atom is -0.496 e. The van der Waals surface area contributed by atoms with Gasteiger partial charge in [0, 0.05) is 23.5 Å². The van der Waals surface area contributed by atoms with Gasteiger partial charge >= 0.3 is 6.03 Å². The molecule has 0 fully saturated rings. The fourth-order valence-electron chi connectivity index (χ4n) is 3.99. The van der Waals surface area contributed by atoms with Crippen molar-refractivity contribution in [2.24, 2.45) is 5.41 Å². The molecule has 186 valence electrons. The number of methoxy groups -OCH3 is 1. The molecule has 0 bridgehead atoms. The van der Waals surface area contributed by atoms with Gasteiger partial charge in [-0.1, -0.05) is 64.8 Å². The number of nitrogens with one attached hydrogen (secondary N) is 2. The van der Waals surface area contributed by atoms with Crippen LogP contribution in [0.2, 0.25) is 0 Å². The van der Waals surface area contributed by atoms with Crippen LogP contribution in [0.1, 0.15) is 58.6 Å². The van der Waals surface area contributed by atoms with Crippen molar-refractivity contribution in [1.82, 2.24) is 10.3 Å². The molecule has 0 radical (unpaired) electrons. The molecule has 2 amide bonds. The highest BCUT2D eigenvalue weighted by Crippen LogP contribution is 2.38. The molecule has 1 heterocycles. The Balaban J connectivity index is 1.89. The predicted octanol–water partition coefficient (Wildman–Crippen LogP) is 7.24. The number of pyridine rings is 1. The van der Waals surface area contributed by atoms with E-state index in [1.54, 1.807) is 19.5 Å². The smallest absolute Gasteiger partial charge is 0.319 e. The fraction of sp³-hybridized carbons (Fsp3) is 0.379. The first kappa shape index (κ1) is 26.1. The van der Waals surface area contributed by atoms with E-state index in [2.05, 4.69) is 43.3 Å². The SMILES string of the molecule is CCCCCOc1ccc(NC(=O)NC(c2cccnc2)C(C)(C)C)c(-c2ccccc2OC)c1. The zero-order chi connectivity index (χ0) is 25.3. The molecule has 6 nitrogen and oxygen atoms in total. The summed E-state index contributed by atoms with van der Waals surface area (Å²) in [5.41, 5.74) is 3.13. The van der Waals surface area contributed by atoms with Crippen LogP contribution in [0.3, 0.4) is 0 Å². The van der Waals surface area contributed by atoms with E-state index >= 15 is 0 Å². The van der Waals surface area contributed by atoms with E-state index in [0.717, 1.165) is 47.5 Å². The van der Waals surface area contributed by atoms with E-state index in [1.807, 2.05) is 54.6 Å². The number of anilines is 1. The summed E-state index contributed by atoms with van der Waals surface area (Å²) in [5.74, 6) is 1.48. The van der Waals surface area contributed by atoms with Crippen molar-refractivity contribution in [3.8, 4) is 22.6 Å². The lowest BCUT2D eigenvalue weighted by Gasteiger charge is -2.31. The Labute approximate surface area is 209 Å². The zero-order valence-corrected chi connectivity index (χ0v) is 21.4. The van der Waals surface area contributed by atoms with Crippen molar-refractivity contribution in [3.63, 3.8) is 0 Å². The van der Waals surface area contributed by atoms with Gasteiger partial charge in [0.05, 0.1) is 25.4 Å². The number of urea groups is 1. The van der Waals surface area contributed by atoms with E-state index in [0.29, 0.717) is 12.3 Å². The summed E-state index contributed by atoms with van der Waals surface area (Å²) >= 11 is 0. The largest absolute Gasteiger partial charge is 0.496 e. The summed E-state index contributed by atoms with van der Waals surface area (Å²) in [6, 6.07) is 16.9. The number of aromatic nitrogens is 1. The maximum absolute atomic E-state index is 13.2. The van der Waals surface area contributed by atoms with Crippen LogP contribution in [0.15, 0.2) is 67.0 Å². The second kappa shape index (κ2) is 12.2. The number of rotatable bonds is 10. The molecule has 0 aliphatic rings. The molecule has 0 aliphatic carbocycles. The van der Waals surface area contributed by atoms with Gasteiger partial charge in [-0.25, -0.2) is 4.79 Å². The Hall–Kier alpha value is -3.54. The molecule has 6 heteroatoms. The minimum atomic E-state index is -0.290. The standard InChI is InChI=1S/C29H37N3O3/c1-6-7-10-18-35-22-15-16-25(24(19-22)23-13-8-9-14-26(23)34-5)31-28(33)32-27(29(2,3)4)21-12-11-17-30-20-21/h8-9,11-17,19-20,27H,6-7,10,18H2,1-5H3,(H2,31,32,33). The van der Waals surface area contributed by atoms with Crippen molar-refractivity contribution >= 4 is 11.7 Å². The number of ether oxygens (including phenoxy) is 2. The maximum atomic E-state index is 13.2. The van der Waals surface area contributed by atoms with E-state index in [1.165, 1.54) is 0 Å². The summed E-state index contributed by atoms with van der Waals surface area (Å²) in [6.45, 7) is 9.11. The highest BCUT2D eigenvalue weighted by molar-refractivity contribution is 5.96. The average molecular weight is 476 g/mol. The molecule has 3 aromatic rings. The molecular weight excluding hydrogens is 438 g/mol. The number of nitrogens with zero attached hydrogens (tertiary/aromatic N) is 1. The third-order valence-electron chi connectivity index (χ3n) is 5.81. The molecule has 2 aromatic carbocycles. The number of carbonyl (C=O) groups excluding carboxylic acids is 1. The normalized spacial score (nSPS) is 12.0. The molecule has 2 N–H and O–H groups in total. The molecule has 0 aliphatic heterocycles. The number of amides is 2. The van der Waals surface area contributed by atoms with Gasteiger partial charge in [0.25, 0.3) is 0 Å². The van der Waals surface area contributed by atoms with Gasteiger partial charge < -0.3 is 20.1 Å². The highest BCUT2D eigenvalue weighted by atomic mass is 16.5. The van der Waals surface area contributed by atoms with Crippen LogP contribution in [0, 0.1) is 5.41 Å². The second-order valence-corrected chi connectivity index (χ2v) is 9.65. The number of carbonyl (C=O) groups is 1. The van der Waals surface area contributed by atoms with Crippen LogP contribution < -0.4 is 20.1 Å². The number of para-hydroxylation sites is 1. The van der Waals surface area contributed by atoms with Crippen LogP contribution in [-0.4, -0.2) is 24.7 Å². The van der Waals surface area contributed by atoms with Crippen molar-refractivity contribution in [3.05, 3.63) is 72.6 Å². The fourth-order valence-corrected chi connectivity index (χ4v) is 3.99. The van der Waals surface area contributed by atoms with Gasteiger partial charge in [-0.3, -0.25) is 4.98 Å². The molecule has 1 unspecified atom stereocenters. The first-order valence-electron chi connectivity index (χ1n) is 12.2. The van der Waals surface area contributed by atoms with Crippen LogP contribution in [0.25, 0.3) is 11.1 Å². The summed E-state index contributed by atoms with van der Waals surface area (Å²) in [4.78, 5) is 17.4. The summed E-state index contributed by atoms with van der Waals surface area (Å²) < 4.78 is 11.6. The molecule has 0 saturated heterocycles. The first-order valence-corrected chi connectivity index (χ1v) is 12.2. The molecule has 35 heavy (non-hydrogen) atoms. The molecular formula is C29H37N3O3. The lowest BCUT2D eigenvalue weighted by molar-refractivity contribution is 0.229. The summed E-state index contributed by atoms with van der Waals surface area (Å²) in [6.07, 6.45) is 6.80. The maximum Gasteiger partial charge on any atom is 0.319 e. The van der Waals surface area contributed by atoms with Crippen LogP contribution in [0.4, 0.5) is 10.5 Å². The van der Waals surface area contributed by atoms with Crippen LogP contribution >= 0.6 is 0 Å². The van der Waals surface area contributed by atoms with Crippen molar-refractivity contribution in [2.45, 2.75) is 53.0 Å². The summed E-state index contributed by atoms with van der Waals surface area (Å²) in [5, 5.41) is 6.19. The Bertz CT molecular complexity index is 1090. The van der Waals surface area contributed by atoms with Crippen molar-refractivity contribution in [2.75, 3.05) is 19.0 Å². The van der Waals surface area contributed by atoms with E-state index < -0.39 is 0 Å². The molecule has 3 rings (SSSR count). The van der Waals surface area contributed by atoms with E-state index in [-0.39, 0.29) is 17.5 Å².